The maximum absolute atomic E-state index is 13.4. The van der Waals surface area contributed by atoms with Crippen LogP contribution in [0.5, 0.6) is 0 Å². The lowest BCUT2D eigenvalue weighted by Crippen LogP contribution is -2.48. The van der Waals surface area contributed by atoms with E-state index < -0.39 is 60.4 Å². The van der Waals surface area contributed by atoms with E-state index in [4.69, 9.17) is 17.1 Å². The Morgan fingerprint density at radius 3 is 2.55 bits per heavy atom. The molecule has 1 aromatic rings. The molecule has 0 aliphatic carbocycles. The van der Waals surface area contributed by atoms with Crippen molar-refractivity contribution in [1.29, 1.82) is 0 Å². The normalized spacial score (nSPS) is 15.6. The first-order valence-electron chi connectivity index (χ1n) is 12.8. The highest BCUT2D eigenvalue weighted by molar-refractivity contribution is 5.96. The van der Waals surface area contributed by atoms with Crippen molar-refractivity contribution in [2.24, 2.45) is 11.0 Å². The van der Waals surface area contributed by atoms with Crippen LogP contribution in [0.25, 0.3) is 10.4 Å². The van der Waals surface area contributed by atoms with Crippen LogP contribution in [0, 0.1) is 18.3 Å². The molecular formula is C27H32N6O7. The Morgan fingerprint density at radius 2 is 1.90 bits per heavy atom. The molecule has 0 spiro atoms. The molecule has 0 aromatic heterocycles. The van der Waals surface area contributed by atoms with Crippen molar-refractivity contribution < 1.29 is 33.9 Å². The second-order valence-corrected chi connectivity index (χ2v) is 9.30. The van der Waals surface area contributed by atoms with Gasteiger partial charge >= 0.3 is 5.97 Å². The summed E-state index contributed by atoms with van der Waals surface area (Å²) in [6, 6.07) is 7.10. The van der Waals surface area contributed by atoms with Crippen LogP contribution in [0.3, 0.4) is 0 Å². The summed E-state index contributed by atoms with van der Waals surface area (Å²) in [6.45, 7) is -0.523. The van der Waals surface area contributed by atoms with E-state index in [0.29, 0.717) is 19.4 Å². The van der Waals surface area contributed by atoms with E-state index in [2.05, 4.69) is 26.6 Å². The third-order valence-electron chi connectivity index (χ3n) is 6.41. The van der Waals surface area contributed by atoms with Crippen molar-refractivity contribution in [3.8, 4) is 12.3 Å². The molecule has 13 nitrogen and oxygen atoms in total. The van der Waals surface area contributed by atoms with Crippen molar-refractivity contribution in [2.45, 2.75) is 57.0 Å². The van der Waals surface area contributed by atoms with Gasteiger partial charge < -0.3 is 20.6 Å². The summed E-state index contributed by atoms with van der Waals surface area (Å²) in [5, 5.41) is 17.0. The molecule has 1 saturated heterocycles. The summed E-state index contributed by atoms with van der Waals surface area (Å²) in [5.74, 6) is -2.28. The number of terminal acetylenes is 1. The standard InChI is InChI=1S/C27H32N6O7/c1-2-7-20(22(34)11-12-26(38)39)31-27(40)19(14-18-8-4-3-5-9-18)15-23(35)21-10-6-13-33(21)25(37)17-29-24(36)16-30-32-28/h1,3-5,8-9,19-21H,6-7,10-17H2,(H,29,36)(H,31,40)(H,38,39). The lowest BCUT2D eigenvalue weighted by molar-refractivity contribution is -0.139. The molecule has 3 amide bonds. The smallest absolute Gasteiger partial charge is 0.303 e. The molecule has 13 heteroatoms. The second-order valence-electron chi connectivity index (χ2n) is 9.30. The van der Waals surface area contributed by atoms with Gasteiger partial charge in [-0.25, -0.2) is 0 Å². The molecule has 3 atom stereocenters. The van der Waals surface area contributed by atoms with Crippen LogP contribution in [0.15, 0.2) is 35.4 Å². The molecule has 3 unspecified atom stereocenters. The van der Waals surface area contributed by atoms with Gasteiger partial charge in [-0.1, -0.05) is 35.4 Å². The van der Waals surface area contributed by atoms with Gasteiger partial charge in [-0.3, -0.25) is 28.8 Å². The predicted molar refractivity (Wildman–Crippen MR) is 142 cm³/mol. The summed E-state index contributed by atoms with van der Waals surface area (Å²) >= 11 is 0. The summed E-state index contributed by atoms with van der Waals surface area (Å²) in [4.78, 5) is 78.4. The second kappa shape index (κ2) is 16.3. The number of nitrogens with one attached hydrogen (secondary N) is 2. The Balaban J connectivity index is 2.14. The van der Waals surface area contributed by atoms with Crippen LogP contribution in [-0.4, -0.2) is 77.0 Å². The molecule has 3 N–H and O–H groups in total. The fourth-order valence-electron chi connectivity index (χ4n) is 4.42. The first kappa shape index (κ1) is 31.5. The maximum Gasteiger partial charge on any atom is 0.303 e. The number of azide groups is 1. The summed E-state index contributed by atoms with van der Waals surface area (Å²) in [7, 11) is 0. The number of likely N-dealkylation sites (tertiary alicyclic amines) is 1. The zero-order valence-electron chi connectivity index (χ0n) is 22.0. The zero-order chi connectivity index (χ0) is 29.5. The lowest BCUT2D eigenvalue weighted by atomic mass is 9.90. The van der Waals surface area contributed by atoms with Crippen LogP contribution in [-0.2, 0) is 35.2 Å². The minimum absolute atomic E-state index is 0.132. The molecule has 0 bridgehead atoms. The SMILES string of the molecule is C#CCC(NC(=O)C(CC(=O)C1CCCN1C(=O)CNC(=O)CN=[N+]=[N-])Cc1ccccc1)C(=O)CCC(=O)O. The molecule has 2 rings (SSSR count). The Hall–Kier alpha value is -4.69. The highest BCUT2D eigenvalue weighted by Gasteiger charge is 2.36. The predicted octanol–water partition coefficient (Wildman–Crippen LogP) is 1.16. The minimum atomic E-state index is -1.16. The topological polar surface area (TPSA) is 199 Å². The molecule has 1 aliphatic heterocycles. The van der Waals surface area contributed by atoms with Gasteiger partial charge in [0.05, 0.1) is 25.0 Å². The Bertz CT molecular complexity index is 1190. The number of amides is 3. The Kier molecular flexibility index (Phi) is 12.9. The Morgan fingerprint density at radius 1 is 1.18 bits per heavy atom. The number of carboxylic acids is 1. The van der Waals surface area contributed by atoms with Crippen LogP contribution in [0.2, 0.25) is 0 Å². The van der Waals surface area contributed by atoms with E-state index in [9.17, 15) is 28.8 Å². The number of aliphatic carboxylic acids is 1. The van der Waals surface area contributed by atoms with E-state index in [-0.39, 0.29) is 38.0 Å². The monoisotopic (exact) mass is 552 g/mol. The van der Waals surface area contributed by atoms with Crippen LogP contribution in [0.1, 0.15) is 44.1 Å². The fraction of sp³-hybridized carbons (Fsp3) is 0.481. The van der Waals surface area contributed by atoms with Crippen LogP contribution in [0.4, 0.5) is 0 Å². The summed E-state index contributed by atoms with van der Waals surface area (Å²) < 4.78 is 0. The van der Waals surface area contributed by atoms with Crippen molar-refractivity contribution in [3.05, 3.63) is 46.3 Å². The molecule has 0 radical (unpaired) electrons. The van der Waals surface area contributed by atoms with Gasteiger partial charge in [-0.2, -0.15) is 0 Å². The summed E-state index contributed by atoms with van der Waals surface area (Å²) in [5.41, 5.74) is 9.08. The van der Waals surface area contributed by atoms with Gasteiger partial charge in [0.2, 0.25) is 17.7 Å². The van der Waals surface area contributed by atoms with E-state index >= 15 is 0 Å². The fourth-order valence-corrected chi connectivity index (χ4v) is 4.42. The van der Waals surface area contributed by atoms with Crippen molar-refractivity contribution >= 4 is 35.3 Å². The van der Waals surface area contributed by atoms with Crippen molar-refractivity contribution in [3.63, 3.8) is 0 Å². The van der Waals surface area contributed by atoms with Gasteiger partial charge in [-0.05, 0) is 30.4 Å². The lowest BCUT2D eigenvalue weighted by Gasteiger charge is -2.26. The first-order valence-corrected chi connectivity index (χ1v) is 12.8. The van der Waals surface area contributed by atoms with E-state index in [1.165, 1.54) is 4.90 Å². The molecule has 1 aliphatic rings. The third kappa shape index (κ3) is 10.2. The van der Waals surface area contributed by atoms with Crippen molar-refractivity contribution in [1.82, 2.24) is 15.5 Å². The molecule has 40 heavy (non-hydrogen) atoms. The van der Waals surface area contributed by atoms with Crippen molar-refractivity contribution in [2.75, 3.05) is 19.6 Å². The number of carbonyl (C=O) groups is 6. The maximum atomic E-state index is 13.4. The van der Waals surface area contributed by atoms with E-state index in [1.807, 2.05) is 0 Å². The number of ketones is 2. The van der Waals surface area contributed by atoms with Crippen LogP contribution < -0.4 is 10.6 Å². The first-order chi connectivity index (χ1) is 19.2. The van der Waals surface area contributed by atoms with Gasteiger partial charge in [0.25, 0.3) is 0 Å². The molecule has 1 fully saturated rings. The van der Waals surface area contributed by atoms with E-state index in [1.54, 1.807) is 30.3 Å². The minimum Gasteiger partial charge on any atom is -0.481 e. The van der Waals surface area contributed by atoms with E-state index in [0.717, 1.165) is 5.56 Å². The van der Waals surface area contributed by atoms with Crippen LogP contribution >= 0.6 is 0 Å². The van der Waals surface area contributed by atoms with Gasteiger partial charge in [0.15, 0.2) is 11.6 Å². The highest BCUT2D eigenvalue weighted by atomic mass is 16.4. The number of carbonyl (C=O) groups excluding carboxylic acids is 5. The number of hydrogen-bond donors (Lipinski definition) is 3. The number of carboxylic acid groups (broad SMARTS) is 1. The third-order valence-corrected chi connectivity index (χ3v) is 6.41. The van der Waals surface area contributed by atoms with Gasteiger partial charge in [-0.15, -0.1) is 12.3 Å². The zero-order valence-corrected chi connectivity index (χ0v) is 22.0. The molecule has 1 aromatic carbocycles. The number of Topliss-reactive ketones (excluding diaryl/α,β-unsaturated/α-hetero) is 2. The largest absolute Gasteiger partial charge is 0.481 e. The highest BCUT2D eigenvalue weighted by Crippen LogP contribution is 2.23. The average Bonchev–Trinajstić information content (AvgIpc) is 3.43. The van der Waals surface area contributed by atoms with Gasteiger partial charge in [0.1, 0.15) is 6.54 Å². The average molecular weight is 553 g/mol. The molecule has 1 heterocycles. The summed E-state index contributed by atoms with van der Waals surface area (Å²) in [6.07, 6.45) is 5.44. The molecule has 0 saturated carbocycles. The number of benzene rings is 1. The number of rotatable bonds is 16. The number of hydrogen-bond acceptors (Lipinski definition) is 7. The quantitative estimate of drug-likeness (QED) is 0.118. The Labute approximate surface area is 231 Å². The van der Waals surface area contributed by atoms with Gasteiger partial charge in [0, 0.05) is 36.6 Å². The number of nitrogens with zero attached hydrogens (tertiary/aromatic N) is 4. The molecule has 212 valence electrons. The molecular weight excluding hydrogens is 520 g/mol.